The fourth-order valence-corrected chi connectivity index (χ4v) is 3.50. The number of likely N-dealkylation sites (N-methyl/N-ethyl adjacent to an activating group) is 1. The predicted octanol–water partition coefficient (Wildman–Crippen LogP) is 3.31. The Bertz CT molecular complexity index is 863. The summed E-state index contributed by atoms with van der Waals surface area (Å²) in [5, 5.41) is 10.7. The summed E-state index contributed by atoms with van der Waals surface area (Å²) in [6.45, 7) is 1.43. The Labute approximate surface area is 172 Å². The first-order valence-corrected chi connectivity index (χ1v) is 9.57. The third kappa shape index (κ3) is 5.11. The number of carbonyl (C=O) groups excluding carboxylic acids is 1. The van der Waals surface area contributed by atoms with Crippen LogP contribution in [0.4, 0.5) is 23.8 Å². The Morgan fingerprint density at radius 3 is 2.83 bits per heavy atom. The van der Waals surface area contributed by atoms with Crippen LogP contribution in [0, 0.1) is 0 Å². The van der Waals surface area contributed by atoms with Crippen molar-refractivity contribution in [1.29, 1.82) is 0 Å². The number of methoxy groups -OCH3 is 1. The van der Waals surface area contributed by atoms with Crippen LogP contribution in [0.3, 0.4) is 0 Å². The minimum atomic E-state index is -4.53. The van der Waals surface area contributed by atoms with E-state index >= 15 is 0 Å². The number of aromatic nitrogens is 2. The Morgan fingerprint density at radius 1 is 1.37 bits per heavy atom. The van der Waals surface area contributed by atoms with Crippen LogP contribution >= 0.6 is 0 Å². The van der Waals surface area contributed by atoms with Gasteiger partial charge in [-0.3, -0.25) is 0 Å². The zero-order chi connectivity index (χ0) is 21.7. The lowest BCUT2D eigenvalue weighted by Gasteiger charge is -2.38. The zero-order valence-electron chi connectivity index (χ0n) is 16.8. The predicted molar refractivity (Wildman–Crippen MR) is 105 cm³/mol. The number of ether oxygens (including phenoxy) is 1. The van der Waals surface area contributed by atoms with E-state index in [-0.39, 0.29) is 24.4 Å². The molecule has 3 rings (SSSR count). The standard InChI is InChI=1S/C20H24F3N5O2/c1-27(15-5-4-10-28(13-15)18-6-3-9-25-26-18)19(29)24-12-14-7-8-17(30-2)16(11-14)20(21,22)23/h3,6-9,11,15H,4-5,10,12-13H2,1-2H3,(H,24,29)/t15-/m1/s1. The SMILES string of the molecule is COc1ccc(CNC(=O)N(C)[C@@H]2CCCN(c3cccnn3)C2)cc1C(F)(F)F. The number of nitrogens with zero attached hydrogens (tertiary/aromatic N) is 4. The molecule has 2 heterocycles. The van der Waals surface area contributed by atoms with Crippen LogP contribution in [0.1, 0.15) is 24.0 Å². The molecule has 1 saturated heterocycles. The molecular weight excluding hydrogens is 399 g/mol. The van der Waals surface area contributed by atoms with E-state index in [1.165, 1.54) is 19.2 Å². The third-order valence-corrected chi connectivity index (χ3v) is 5.16. The first-order chi connectivity index (χ1) is 14.3. The lowest BCUT2D eigenvalue weighted by Crippen LogP contribution is -2.51. The van der Waals surface area contributed by atoms with Gasteiger partial charge in [-0.2, -0.15) is 18.3 Å². The van der Waals surface area contributed by atoms with Gasteiger partial charge in [-0.05, 0) is 42.7 Å². The molecule has 30 heavy (non-hydrogen) atoms. The number of urea groups is 1. The molecule has 0 spiro atoms. The molecule has 1 fully saturated rings. The number of hydrogen-bond acceptors (Lipinski definition) is 5. The van der Waals surface area contributed by atoms with Gasteiger partial charge in [-0.15, -0.1) is 5.10 Å². The van der Waals surface area contributed by atoms with Gasteiger partial charge in [0.15, 0.2) is 5.82 Å². The van der Waals surface area contributed by atoms with Gasteiger partial charge in [-0.1, -0.05) is 6.07 Å². The van der Waals surface area contributed by atoms with Crippen LogP contribution in [0.15, 0.2) is 36.5 Å². The highest BCUT2D eigenvalue weighted by Crippen LogP contribution is 2.36. The number of benzene rings is 1. The van der Waals surface area contributed by atoms with E-state index in [1.807, 2.05) is 12.1 Å². The summed E-state index contributed by atoms with van der Waals surface area (Å²) in [6, 6.07) is 7.06. The number of nitrogens with one attached hydrogen (secondary N) is 1. The molecule has 1 aromatic heterocycles. The summed E-state index contributed by atoms with van der Waals surface area (Å²) in [5.74, 6) is 0.509. The molecule has 1 aliphatic heterocycles. The summed E-state index contributed by atoms with van der Waals surface area (Å²) in [6.07, 6.45) is -1.20. The number of amides is 2. The second kappa shape index (κ2) is 9.19. The molecule has 0 unspecified atom stereocenters. The van der Waals surface area contributed by atoms with Gasteiger partial charge in [-0.25, -0.2) is 4.79 Å². The quantitative estimate of drug-likeness (QED) is 0.799. The molecule has 7 nitrogen and oxygen atoms in total. The van der Waals surface area contributed by atoms with Crippen LogP contribution in [-0.2, 0) is 12.7 Å². The fourth-order valence-electron chi connectivity index (χ4n) is 3.50. The largest absolute Gasteiger partial charge is 0.496 e. The van der Waals surface area contributed by atoms with Crippen LogP contribution < -0.4 is 15.0 Å². The molecule has 1 aromatic carbocycles. The van der Waals surface area contributed by atoms with Crippen molar-refractivity contribution in [3.63, 3.8) is 0 Å². The van der Waals surface area contributed by atoms with E-state index in [0.717, 1.165) is 31.3 Å². The molecule has 0 aliphatic carbocycles. The van der Waals surface area contributed by atoms with Gasteiger partial charge in [0.1, 0.15) is 5.75 Å². The van der Waals surface area contributed by atoms with E-state index in [0.29, 0.717) is 12.1 Å². The van der Waals surface area contributed by atoms with Crippen molar-refractivity contribution in [3.8, 4) is 5.75 Å². The maximum Gasteiger partial charge on any atom is 0.419 e. The second-order valence-corrected chi connectivity index (χ2v) is 7.13. The first kappa shape index (κ1) is 21.7. The molecular formula is C20H24F3N5O2. The Morgan fingerprint density at radius 2 is 2.17 bits per heavy atom. The van der Waals surface area contributed by atoms with E-state index in [1.54, 1.807) is 18.1 Å². The smallest absolute Gasteiger partial charge is 0.419 e. The molecule has 0 bridgehead atoms. The summed E-state index contributed by atoms with van der Waals surface area (Å²) in [7, 11) is 2.88. The van der Waals surface area contributed by atoms with Crippen molar-refractivity contribution < 1.29 is 22.7 Å². The Hall–Kier alpha value is -3.04. The van der Waals surface area contributed by atoms with Gasteiger partial charge < -0.3 is 19.9 Å². The molecule has 0 radical (unpaired) electrons. The Balaban J connectivity index is 1.61. The molecule has 2 amide bonds. The van der Waals surface area contributed by atoms with Gasteiger partial charge in [0.05, 0.1) is 18.7 Å². The van der Waals surface area contributed by atoms with E-state index in [4.69, 9.17) is 4.74 Å². The van der Waals surface area contributed by atoms with Crippen molar-refractivity contribution in [2.45, 2.75) is 31.6 Å². The molecule has 162 valence electrons. The topological polar surface area (TPSA) is 70.6 Å². The van der Waals surface area contributed by atoms with Gasteiger partial charge in [0, 0.05) is 32.9 Å². The number of carbonyl (C=O) groups is 1. The Kier molecular flexibility index (Phi) is 6.63. The van der Waals surface area contributed by atoms with Gasteiger partial charge in [0.25, 0.3) is 0 Å². The minimum absolute atomic E-state index is 0.0170. The zero-order valence-corrected chi connectivity index (χ0v) is 16.8. The summed E-state index contributed by atoms with van der Waals surface area (Å²) < 4.78 is 44.3. The van der Waals surface area contributed by atoms with Crippen LogP contribution in [0.25, 0.3) is 0 Å². The third-order valence-electron chi connectivity index (χ3n) is 5.16. The van der Waals surface area contributed by atoms with Crippen LogP contribution in [0.2, 0.25) is 0 Å². The lowest BCUT2D eigenvalue weighted by atomic mass is 10.0. The van der Waals surface area contributed by atoms with Gasteiger partial charge in [0.2, 0.25) is 0 Å². The molecule has 10 heteroatoms. The normalized spacial score (nSPS) is 16.8. The van der Waals surface area contributed by atoms with Gasteiger partial charge >= 0.3 is 12.2 Å². The number of anilines is 1. The maximum atomic E-state index is 13.2. The lowest BCUT2D eigenvalue weighted by molar-refractivity contribution is -0.138. The summed E-state index contributed by atoms with van der Waals surface area (Å²) in [4.78, 5) is 16.3. The minimum Gasteiger partial charge on any atom is -0.496 e. The number of halogens is 3. The highest BCUT2D eigenvalue weighted by Gasteiger charge is 2.34. The highest BCUT2D eigenvalue weighted by atomic mass is 19.4. The van der Waals surface area contributed by atoms with E-state index in [9.17, 15) is 18.0 Å². The molecule has 1 aliphatic rings. The first-order valence-electron chi connectivity index (χ1n) is 9.57. The number of alkyl halides is 3. The van der Waals surface area contributed by atoms with E-state index in [2.05, 4.69) is 20.4 Å². The van der Waals surface area contributed by atoms with Crippen molar-refractivity contribution in [1.82, 2.24) is 20.4 Å². The number of piperidine rings is 1. The van der Waals surface area contributed by atoms with Crippen molar-refractivity contribution in [3.05, 3.63) is 47.7 Å². The molecule has 2 aromatic rings. The van der Waals surface area contributed by atoms with Crippen molar-refractivity contribution in [2.24, 2.45) is 0 Å². The average molecular weight is 423 g/mol. The van der Waals surface area contributed by atoms with Crippen molar-refractivity contribution >= 4 is 11.8 Å². The fraction of sp³-hybridized carbons (Fsp3) is 0.450. The number of hydrogen-bond donors (Lipinski definition) is 1. The maximum absolute atomic E-state index is 13.2. The highest BCUT2D eigenvalue weighted by molar-refractivity contribution is 5.74. The molecule has 1 atom stereocenters. The molecule has 1 N–H and O–H groups in total. The van der Waals surface area contributed by atoms with Crippen LogP contribution in [-0.4, -0.2) is 54.4 Å². The number of rotatable bonds is 5. The molecule has 0 saturated carbocycles. The van der Waals surface area contributed by atoms with E-state index < -0.39 is 11.7 Å². The second-order valence-electron chi connectivity index (χ2n) is 7.13. The summed E-state index contributed by atoms with van der Waals surface area (Å²) in [5.41, 5.74) is -0.522. The van der Waals surface area contributed by atoms with Crippen LogP contribution in [0.5, 0.6) is 5.75 Å². The van der Waals surface area contributed by atoms with Crippen molar-refractivity contribution in [2.75, 3.05) is 32.1 Å². The summed E-state index contributed by atoms with van der Waals surface area (Å²) >= 11 is 0. The average Bonchev–Trinajstić information content (AvgIpc) is 2.76. The monoisotopic (exact) mass is 423 g/mol.